The van der Waals surface area contributed by atoms with Crippen LogP contribution in [0.2, 0.25) is 0 Å². The summed E-state index contributed by atoms with van der Waals surface area (Å²) in [5.41, 5.74) is 1.86. The molecule has 0 heterocycles. The lowest BCUT2D eigenvalue weighted by atomic mass is 10.0. The highest BCUT2D eigenvalue weighted by Crippen LogP contribution is 2.48. The highest BCUT2D eigenvalue weighted by Gasteiger charge is 2.40. The van der Waals surface area contributed by atoms with Crippen LogP contribution in [0.5, 0.6) is 0 Å². The van der Waals surface area contributed by atoms with Gasteiger partial charge in [-0.05, 0) is 47.6 Å². The summed E-state index contributed by atoms with van der Waals surface area (Å²) in [6, 6.07) is 15.2. The summed E-state index contributed by atoms with van der Waals surface area (Å²) in [5.74, 6) is 0. The van der Waals surface area contributed by atoms with E-state index >= 15 is 0 Å². The first-order valence-corrected chi connectivity index (χ1v) is 6.54. The van der Waals surface area contributed by atoms with Crippen molar-refractivity contribution < 1.29 is 0 Å². The molecule has 1 nitrogen and oxygen atoms in total. The van der Waals surface area contributed by atoms with Crippen molar-refractivity contribution in [2.45, 2.75) is 26.2 Å². The molecular weight excluding hydrogens is 206 g/mol. The van der Waals surface area contributed by atoms with E-state index in [1.807, 2.05) is 0 Å². The summed E-state index contributed by atoms with van der Waals surface area (Å²) in [7, 11) is 0. The summed E-state index contributed by atoms with van der Waals surface area (Å²) in [5, 5.41) is 6.22. The summed E-state index contributed by atoms with van der Waals surface area (Å²) in [6.07, 6.45) is 4.09. The van der Waals surface area contributed by atoms with Gasteiger partial charge in [-0.3, -0.25) is 0 Å². The first-order chi connectivity index (χ1) is 8.31. The lowest BCUT2D eigenvalue weighted by Crippen LogP contribution is -2.14. The Balaban J connectivity index is 1.77. The van der Waals surface area contributed by atoms with Gasteiger partial charge >= 0.3 is 0 Å². The van der Waals surface area contributed by atoms with Crippen LogP contribution in [0.4, 0.5) is 5.69 Å². The van der Waals surface area contributed by atoms with Gasteiger partial charge in [0, 0.05) is 12.2 Å². The maximum atomic E-state index is 3.59. The third kappa shape index (κ3) is 2.14. The van der Waals surface area contributed by atoms with Gasteiger partial charge in [-0.15, -0.1) is 0 Å². The molecule has 0 aromatic heterocycles. The van der Waals surface area contributed by atoms with Crippen molar-refractivity contribution in [2.75, 3.05) is 11.9 Å². The third-order valence-electron chi connectivity index (χ3n) is 4.12. The Morgan fingerprint density at radius 2 is 1.82 bits per heavy atom. The lowest BCUT2D eigenvalue weighted by Gasteiger charge is -2.14. The van der Waals surface area contributed by atoms with E-state index in [-0.39, 0.29) is 0 Å². The van der Waals surface area contributed by atoms with Crippen molar-refractivity contribution in [1.29, 1.82) is 0 Å². The fraction of sp³-hybridized carbons (Fsp3) is 0.375. The third-order valence-corrected chi connectivity index (χ3v) is 4.12. The largest absolute Gasteiger partial charge is 0.384 e. The summed E-state index contributed by atoms with van der Waals surface area (Å²) in [4.78, 5) is 0. The molecular formula is C16H19N. The Hall–Kier alpha value is -1.50. The van der Waals surface area contributed by atoms with Gasteiger partial charge in [-0.2, -0.15) is 0 Å². The van der Waals surface area contributed by atoms with Crippen LogP contribution in [0.3, 0.4) is 0 Å². The zero-order valence-corrected chi connectivity index (χ0v) is 10.4. The molecule has 3 rings (SSSR count). The number of fused-ring (bicyclic) bond motifs is 1. The molecule has 0 aliphatic heterocycles. The van der Waals surface area contributed by atoms with Crippen LogP contribution >= 0.6 is 0 Å². The predicted molar refractivity (Wildman–Crippen MR) is 74.4 cm³/mol. The molecule has 1 aliphatic carbocycles. The van der Waals surface area contributed by atoms with Gasteiger partial charge in [0.1, 0.15) is 0 Å². The van der Waals surface area contributed by atoms with E-state index in [4.69, 9.17) is 0 Å². The molecule has 0 unspecified atom stereocenters. The minimum Gasteiger partial charge on any atom is -0.384 e. The monoisotopic (exact) mass is 225 g/mol. The van der Waals surface area contributed by atoms with Gasteiger partial charge in [0.05, 0.1) is 0 Å². The number of rotatable bonds is 4. The fourth-order valence-corrected chi connectivity index (χ4v) is 2.42. The maximum Gasteiger partial charge on any atom is 0.0346 e. The van der Waals surface area contributed by atoms with E-state index in [0.29, 0.717) is 5.41 Å². The van der Waals surface area contributed by atoms with Crippen molar-refractivity contribution in [3.05, 3.63) is 42.5 Å². The molecule has 1 N–H and O–H groups in total. The van der Waals surface area contributed by atoms with Crippen LogP contribution in [-0.4, -0.2) is 6.54 Å². The Morgan fingerprint density at radius 1 is 1.06 bits per heavy atom. The molecule has 1 fully saturated rings. The normalized spacial score (nSPS) is 17.0. The van der Waals surface area contributed by atoms with Crippen LogP contribution in [0, 0.1) is 5.41 Å². The average molecular weight is 225 g/mol. The zero-order chi connectivity index (χ0) is 11.7. The average Bonchev–Trinajstić information content (AvgIpc) is 3.17. The van der Waals surface area contributed by atoms with Crippen LogP contribution in [-0.2, 0) is 0 Å². The van der Waals surface area contributed by atoms with Crippen molar-refractivity contribution in [1.82, 2.24) is 0 Å². The number of benzene rings is 2. The predicted octanol–water partition coefficient (Wildman–Crippen LogP) is 4.44. The molecule has 1 aliphatic rings. The molecule has 0 bridgehead atoms. The van der Waals surface area contributed by atoms with Crippen LogP contribution in [0.1, 0.15) is 26.2 Å². The maximum absolute atomic E-state index is 3.59. The van der Waals surface area contributed by atoms with E-state index in [9.17, 15) is 0 Å². The van der Waals surface area contributed by atoms with Gasteiger partial charge in [0.25, 0.3) is 0 Å². The molecule has 88 valence electrons. The van der Waals surface area contributed by atoms with Crippen LogP contribution in [0.25, 0.3) is 10.8 Å². The van der Waals surface area contributed by atoms with Crippen molar-refractivity contribution in [3.8, 4) is 0 Å². The second kappa shape index (κ2) is 4.06. The second-order valence-electron chi connectivity index (χ2n) is 5.27. The number of hydrogen-bond acceptors (Lipinski definition) is 1. The quantitative estimate of drug-likeness (QED) is 0.811. The zero-order valence-electron chi connectivity index (χ0n) is 10.4. The van der Waals surface area contributed by atoms with Crippen LogP contribution in [0.15, 0.2) is 42.5 Å². The lowest BCUT2D eigenvalue weighted by molar-refractivity contribution is 0.521. The molecule has 0 saturated heterocycles. The van der Waals surface area contributed by atoms with E-state index in [1.165, 1.54) is 35.7 Å². The summed E-state index contributed by atoms with van der Waals surface area (Å²) in [6.45, 7) is 3.43. The first-order valence-electron chi connectivity index (χ1n) is 6.54. The summed E-state index contributed by atoms with van der Waals surface area (Å²) < 4.78 is 0. The topological polar surface area (TPSA) is 12.0 Å². The smallest absolute Gasteiger partial charge is 0.0346 e. The number of nitrogens with one attached hydrogen (secondary N) is 1. The number of anilines is 1. The van der Waals surface area contributed by atoms with Crippen molar-refractivity contribution in [3.63, 3.8) is 0 Å². The molecule has 2 aromatic rings. The fourth-order valence-electron chi connectivity index (χ4n) is 2.42. The molecule has 0 atom stereocenters. The van der Waals surface area contributed by atoms with Gasteiger partial charge < -0.3 is 5.32 Å². The number of hydrogen-bond donors (Lipinski definition) is 1. The van der Waals surface area contributed by atoms with Gasteiger partial charge in [-0.1, -0.05) is 37.3 Å². The SMILES string of the molecule is CCC1(CNc2ccc3ccccc3c2)CC1. The van der Waals surface area contributed by atoms with E-state index in [2.05, 4.69) is 54.7 Å². The van der Waals surface area contributed by atoms with Gasteiger partial charge in [0.15, 0.2) is 0 Å². The van der Waals surface area contributed by atoms with Crippen molar-refractivity contribution >= 4 is 16.5 Å². The molecule has 17 heavy (non-hydrogen) atoms. The van der Waals surface area contributed by atoms with E-state index in [1.54, 1.807) is 0 Å². The molecule has 0 radical (unpaired) electrons. The Labute approximate surface area is 103 Å². The second-order valence-corrected chi connectivity index (χ2v) is 5.27. The highest BCUT2D eigenvalue weighted by atomic mass is 14.9. The van der Waals surface area contributed by atoms with Crippen molar-refractivity contribution in [2.24, 2.45) is 5.41 Å². The molecule has 0 spiro atoms. The molecule has 0 amide bonds. The van der Waals surface area contributed by atoms with Crippen LogP contribution < -0.4 is 5.32 Å². The Bertz CT molecular complexity index is 526. The Kier molecular flexibility index (Phi) is 2.54. The van der Waals surface area contributed by atoms with E-state index in [0.717, 1.165) is 6.54 Å². The summed E-state index contributed by atoms with van der Waals surface area (Å²) >= 11 is 0. The standard InChI is InChI=1S/C16H19N/c1-2-16(9-10-16)12-17-15-8-7-13-5-3-4-6-14(13)11-15/h3-8,11,17H,2,9-10,12H2,1H3. The minimum absolute atomic E-state index is 0.603. The highest BCUT2D eigenvalue weighted by molar-refractivity contribution is 5.85. The Morgan fingerprint density at radius 3 is 2.53 bits per heavy atom. The van der Waals surface area contributed by atoms with Gasteiger partial charge in [-0.25, -0.2) is 0 Å². The first kappa shape index (κ1) is 10.6. The van der Waals surface area contributed by atoms with E-state index < -0.39 is 0 Å². The minimum atomic E-state index is 0.603. The van der Waals surface area contributed by atoms with Gasteiger partial charge in [0.2, 0.25) is 0 Å². The molecule has 1 saturated carbocycles. The molecule has 2 aromatic carbocycles. The molecule has 1 heteroatoms.